The number of carboxylic acid groups (broad SMARTS) is 1. The first kappa shape index (κ1) is 40.2. The summed E-state index contributed by atoms with van der Waals surface area (Å²) in [6.45, 7) is 21.5. The molecule has 5 nitrogen and oxygen atoms in total. The third-order valence-corrected chi connectivity index (χ3v) is 8.17. The Hall–Kier alpha value is -2.82. The predicted molar refractivity (Wildman–Crippen MR) is 187 cm³/mol. The molecule has 0 saturated heterocycles. The van der Waals surface area contributed by atoms with Gasteiger partial charge in [0.1, 0.15) is 5.54 Å². The maximum absolute atomic E-state index is 13.6. The average Bonchev–Trinajstić information content (AvgIpc) is 3.30. The zero-order chi connectivity index (χ0) is 33.0. The van der Waals surface area contributed by atoms with Crippen LogP contribution in [0.25, 0.3) is 10.9 Å². The zero-order valence-corrected chi connectivity index (χ0v) is 29.6. The van der Waals surface area contributed by atoms with Crippen LogP contribution in [-0.2, 0) is 24.2 Å². The lowest BCUT2D eigenvalue weighted by Gasteiger charge is -2.35. The van der Waals surface area contributed by atoms with Gasteiger partial charge in [-0.2, -0.15) is 0 Å². The first-order valence-corrected chi connectivity index (χ1v) is 17.0. The monoisotopic (exact) mass is 596 g/mol. The number of carboxylic acids is 1. The van der Waals surface area contributed by atoms with Crippen LogP contribution >= 0.6 is 0 Å². The van der Waals surface area contributed by atoms with Gasteiger partial charge in [-0.05, 0) is 70.1 Å². The van der Waals surface area contributed by atoms with Gasteiger partial charge in [0, 0.05) is 42.2 Å². The highest BCUT2D eigenvalue weighted by Crippen LogP contribution is 2.31. The van der Waals surface area contributed by atoms with Crippen molar-refractivity contribution < 1.29 is 14.7 Å². The van der Waals surface area contributed by atoms with E-state index in [0.29, 0.717) is 17.9 Å². The molecule has 244 valence electrons. The number of aromatic nitrogens is 1. The van der Waals surface area contributed by atoms with Gasteiger partial charge in [-0.1, -0.05) is 111 Å². The van der Waals surface area contributed by atoms with Crippen molar-refractivity contribution in [2.75, 3.05) is 7.05 Å². The Balaban J connectivity index is 0.00000270. The molecule has 1 N–H and O–H groups in total. The normalized spacial score (nSPS) is 13.3. The number of aryl methyl sites for hydroxylation is 2. The molecule has 0 aliphatic rings. The Kier molecular flexibility index (Phi) is 20.4. The fourth-order valence-corrected chi connectivity index (χ4v) is 5.21. The van der Waals surface area contributed by atoms with Crippen LogP contribution in [0.3, 0.4) is 0 Å². The number of nitrogens with zero attached hydrogens (tertiary/aromatic N) is 2. The van der Waals surface area contributed by atoms with E-state index in [9.17, 15) is 14.7 Å². The van der Waals surface area contributed by atoms with E-state index in [1.54, 1.807) is 14.0 Å². The minimum Gasteiger partial charge on any atom is -0.480 e. The SMILES string of the molecule is C/C=C\Cc1c(CCC)c2ccc(C(=O)N(C)C(C)(CCCC)C(=O)O)cc2n1CCCC(C)/C=C\C.CC.CCCC. The molecule has 0 aliphatic carbocycles. The van der Waals surface area contributed by atoms with Crippen molar-refractivity contribution in [1.29, 1.82) is 0 Å². The summed E-state index contributed by atoms with van der Waals surface area (Å²) < 4.78 is 2.41. The van der Waals surface area contributed by atoms with Crippen LogP contribution in [0.5, 0.6) is 0 Å². The van der Waals surface area contributed by atoms with Gasteiger partial charge in [-0.3, -0.25) is 4.79 Å². The molecular weight excluding hydrogens is 532 g/mol. The third kappa shape index (κ3) is 11.7. The first-order valence-electron chi connectivity index (χ1n) is 17.0. The fraction of sp³-hybridized carbons (Fsp3) is 0.632. The van der Waals surface area contributed by atoms with Crippen molar-refractivity contribution >= 4 is 22.8 Å². The molecule has 0 bridgehead atoms. The van der Waals surface area contributed by atoms with Gasteiger partial charge < -0.3 is 14.6 Å². The molecule has 1 aromatic heterocycles. The number of likely N-dealkylation sites (N-methyl/N-ethyl adjacent to an activating group) is 1. The highest BCUT2D eigenvalue weighted by Gasteiger charge is 2.40. The molecule has 2 unspecified atom stereocenters. The Morgan fingerprint density at radius 2 is 1.65 bits per heavy atom. The number of benzene rings is 1. The van der Waals surface area contributed by atoms with E-state index in [1.807, 2.05) is 32.9 Å². The zero-order valence-electron chi connectivity index (χ0n) is 29.6. The van der Waals surface area contributed by atoms with E-state index in [4.69, 9.17) is 0 Å². The third-order valence-electron chi connectivity index (χ3n) is 8.17. The van der Waals surface area contributed by atoms with Gasteiger partial charge in [0.15, 0.2) is 0 Å². The van der Waals surface area contributed by atoms with E-state index < -0.39 is 11.5 Å². The lowest BCUT2D eigenvalue weighted by molar-refractivity contribution is -0.148. The summed E-state index contributed by atoms with van der Waals surface area (Å²) >= 11 is 0. The Labute approximate surface area is 264 Å². The van der Waals surface area contributed by atoms with Crippen molar-refractivity contribution in [3.05, 3.63) is 59.3 Å². The Bertz CT molecular complexity index is 1140. The van der Waals surface area contributed by atoms with Crippen LogP contribution in [0.2, 0.25) is 0 Å². The maximum Gasteiger partial charge on any atom is 0.329 e. The molecule has 0 aliphatic heterocycles. The maximum atomic E-state index is 13.6. The number of allylic oxidation sites excluding steroid dienone is 4. The fourth-order valence-electron chi connectivity index (χ4n) is 5.21. The van der Waals surface area contributed by atoms with E-state index in [-0.39, 0.29) is 5.91 Å². The van der Waals surface area contributed by atoms with Gasteiger partial charge >= 0.3 is 5.97 Å². The van der Waals surface area contributed by atoms with Gasteiger partial charge in [0.25, 0.3) is 5.91 Å². The van der Waals surface area contributed by atoms with Crippen molar-refractivity contribution in [2.24, 2.45) is 5.92 Å². The van der Waals surface area contributed by atoms with Crippen LogP contribution in [0.15, 0.2) is 42.5 Å². The second kappa shape index (κ2) is 21.8. The van der Waals surface area contributed by atoms with Crippen LogP contribution < -0.4 is 0 Å². The van der Waals surface area contributed by atoms with Gasteiger partial charge in [0.2, 0.25) is 0 Å². The Morgan fingerprint density at radius 1 is 1.00 bits per heavy atom. The molecule has 43 heavy (non-hydrogen) atoms. The van der Waals surface area contributed by atoms with E-state index >= 15 is 0 Å². The minimum atomic E-state index is -1.24. The van der Waals surface area contributed by atoms with E-state index in [2.05, 4.69) is 76.5 Å². The number of fused-ring (bicyclic) bond motifs is 1. The second-order valence-electron chi connectivity index (χ2n) is 11.5. The van der Waals surface area contributed by atoms with Crippen molar-refractivity contribution in [1.82, 2.24) is 9.47 Å². The van der Waals surface area contributed by atoms with Gasteiger partial charge in [-0.25, -0.2) is 4.79 Å². The molecule has 1 heterocycles. The standard InChI is InChI=1S/C32H48N2O3.C4H10.C2H6/c1-8-12-18-28-26(16-11-4)27-20-19-25(23-29(27)34(28)22-14-17-24(5)15-10-3)30(35)33(7)32(6,31(36)37)21-13-9-2;1-3-4-2;1-2/h8,10,12,15,19-20,23-24H,9,11,13-14,16-18,21-22H2,1-7H3,(H,36,37);3-4H2,1-2H3;1-2H3/b12-8-,15-10-;;. The quantitative estimate of drug-likeness (QED) is 0.196. The summed E-state index contributed by atoms with van der Waals surface area (Å²) in [6, 6.07) is 5.94. The molecule has 0 saturated carbocycles. The number of carbonyl (C=O) groups excluding carboxylic acids is 1. The summed E-state index contributed by atoms with van der Waals surface area (Å²) in [5.74, 6) is -0.677. The summed E-state index contributed by atoms with van der Waals surface area (Å²) in [5.41, 5.74) is 3.07. The van der Waals surface area contributed by atoms with Crippen LogP contribution in [0, 0.1) is 5.92 Å². The molecule has 0 radical (unpaired) electrons. The number of amides is 1. The van der Waals surface area contributed by atoms with Crippen LogP contribution in [0.1, 0.15) is 142 Å². The summed E-state index contributed by atoms with van der Waals surface area (Å²) in [5, 5.41) is 11.2. The number of rotatable bonds is 16. The van der Waals surface area contributed by atoms with E-state index in [1.165, 1.54) is 34.4 Å². The van der Waals surface area contributed by atoms with Crippen LogP contribution in [-0.4, -0.2) is 39.0 Å². The molecule has 0 fully saturated rings. The molecule has 1 aromatic carbocycles. The first-order chi connectivity index (χ1) is 20.6. The summed E-state index contributed by atoms with van der Waals surface area (Å²) in [7, 11) is 1.62. The average molecular weight is 597 g/mol. The van der Waals surface area contributed by atoms with Crippen molar-refractivity contribution in [2.45, 2.75) is 146 Å². The smallest absolute Gasteiger partial charge is 0.329 e. The summed E-state index contributed by atoms with van der Waals surface area (Å²) in [4.78, 5) is 27.2. The lowest BCUT2D eigenvalue weighted by atomic mass is 9.92. The molecule has 2 atom stereocenters. The van der Waals surface area contributed by atoms with Gasteiger partial charge in [-0.15, -0.1) is 0 Å². The van der Waals surface area contributed by atoms with Gasteiger partial charge in [0.05, 0.1) is 0 Å². The number of aliphatic carboxylic acids is 1. The lowest BCUT2D eigenvalue weighted by Crippen LogP contribution is -2.53. The summed E-state index contributed by atoms with van der Waals surface area (Å²) in [6.07, 6.45) is 18.4. The Morgan fingerprint density at radius 3 is 2.16 bits per heavy atom. The number of carbonyl (C=O) groups is 2. The molecular formula is C38H64N2O3. The molecule has 1 amide bonds. The van der Waals surface area contributed by atoms with Crippen molar-refractivity contribution in [3.63, 3.8) is 0 Å². The second-order valence-corrected chi connectivity index (χ2v) is 11.5. The largest absolute Gasteiger partial charge is 0.480 e. The van der Waals surface area contributed by atoms with Crippen molar-refractivity contribution in [3.8, 4) is 0 Å². The molecule has 2 aromatic rings. The number of hydrogen-bond acceptors (Lipinski definition) is 2. The highest BCUT2D eigenvalue weighted by molar-refractivity contribution is 6.01. The van der Waals surface area contributed by atoms with E-state index in [0.717, 1.165) is 57.0 Å². The minimum absolute atomic E-state index is 0.246. The molecule has 5 heteroatoms. The molecule has 2 rings (SSSR count). The highest BCUT2D eigenvalue weighted by atomic mass is 16.4. The number of hydrogen-bond donors (Lipinski definition) is 1. The van der Waals surface area contributed by atoms with Crippen LogP contribution in [0.4, 0.5) is 0 Å². The topological polar surface area (TPSA) is 62.5 Å². The molecule has 0 spiro atoms. The number of unbranched alkanes of at least 4 members (excludes halogenated alkanes) is 2. The predicted octanol–water partition coefficient (Wildman–Crippen LogP) is 10.6.